The van der Waals surface area contributed by atoms with Crippen LogP contribution >= 0.6 is 0 Å². The average Bonchev–Trinajstić information content (AvgIpc) is 3.39. The van der Waals surface area contributed by atoms with E-state index in [-0.39, 0.29) is 5.91 Å². The van der Waals surface area contributed by atoms with Crippen molar-refractivity contribution < 1.29 is 14.3 Å². The van der Waals surface area contributed by atoms with Crippen molar-refractivity contribution in [1.29, 1.82) is 5.26 Å². The zero-order valence-corrected chi connectivity index (χ0v) is 18.7. The molecule has 0 aliphatic carbocycles. The van der Waals surface area contributed by atoms with Gasteiger partial charge in [0.1, 0.15) is 5.54 Å². The van der Waals surface area contributed by atoms with Crippen LogP contribution in [0.1, 0.15) is 42.4 Å². The molecular weight excluding hydrogens is 408 g/mol. The van der Waals surface area contributed by atoms with Gasteiger partial charge in [-0.15, -0.1) is 0 Å². The number of carbonyl (C=O) groups is 1. The van der Waals surface area contributed by atoms with Crippen LogP contribution in [0.5, 0.6) is 11.6 Å². The number of nitriles is 1. The molecule has 164 valence electrons. The maximum Gasteiger partial charge on any atom is 0.260 e. The fourth-order valence-corrected chi connectivity index (χ4v) is 3.63. The molecule has 0 N–H and O–H groups in total. The molecule has 0 atom stereocenters. The number of pyridine rings is 2. The summed E-state index contributed by atoms with van der Waals surface area (Å²) in [5.41, 5.74) is 3.39. The third-order valence-electron chi connectivity index (χ3n) is 5.40. The zero-order valence-electron chi connectivity index (χ0n) is 18.7. The number of amides is 1. The zero-order chi connectivity index (χ0) is 23.0. The molecule has 1 aliphatic rings. The Bertz CT molecular complexity index is 1240. The van der Waals surface area contributed by atoms with Gasteiger partial charge in [-0.2, -0.15) is 10.4 Å². The largest absolute Gasteiger partial charge is 0.491 e. The van der Waals surface area contributed by atoms with Crippen LogP contribution in [0.25, 0.3) is 11.3 Å². The van der Waals surface area contributed by atoms with Crippen molar-refractivity contribution in [2.75, 3.05) is 18.6 Å². The first-order valence-electron chi connectivity index (χ1n) is 10.2. The summed E-state index contributed by atoms with van der Waals surface area (Å²) < 4.78 is 12.5. The number of fused-ring (bicyclic) bond motifs is 1. The van der Waals surface area contributed by atoms with Crippen molar-refractivity contribution in [3.8, 4) is 29.0 Å². The van der Waals surface area contributed by atoms with Crippen LogP contribution in [0.2, 0.25) is 0 Å². The predicted molar refractivity (Wildman–Crippen MR) is 118 cm³/mol. The second-order valence-electron chi connectivity index (χ2n) is 8.02. The van der Waals surface area contributed by atoms with Gasteiger partial charge in [0.15, 0.2) is 5.75 Å². The molecule has 3 aromatic heterocycles. The van der Waals surface area contributed by atoms with Crippen molar-refractivity contribution >= 4 is 11.6 Å². The number of aromatic nitrogens is 4. The number of carbonyl (C=O) groups excluding carboxylic acids is 1. The molecule has 1 amide bonds. The highest BCUT2D eigenvalue weighted by atomic mass is 16.5. The van der Waals surface area contributed by atoms with Gasteiger partial charge in [0, 0.05) is 11.8 Å². The fraction of sp³-hybridized carbons (Fsp3) is 0.348. The normalized spacial score (nSPS) is 13.1. The number of rotatable bonds is 6. The highest BCUT2D eigenvalue weighted by Crippen LogP contribution is 2.34. The lowest BCUT2D eigenvalue weighted by Gasteiger charge is -2.16. The maximum atomic E-state index is 13.1. The lowest BCUT2D eigenvalue weighted by Crippen LogP contribution is -2.25. The van der Waals surface area contributed by atoms with E-state index in [0.29, 0.717) is 47.4 Å². The van der Waals surface area contributed by atoms with Crippen molar-refractivity contribution in [3.63, 3.8) is 0 Å². The van der Waals surface area contributed by atoms with Crippen LogP contribution in [0, 0.1) is 18.3 Å². The summed E-state index contributed by atoms with van der Waals surface area (Å²) in [4.78, 5) is 23.9. The fourth-order valence-electron chi connectivity index (χ4n) is 3.63. The number of anilines is 1. The van der Waals surface area contributed by atoms with E-state index < -0.39 is 5.54 Å². The Morgan fingerprint density at radius 1 is 1.28 bits per heavy atom. The number of hydrogen-bond donors (Lipinski definition) is 0. The Hall–Kier alpha value is -3.93. The van der Waals surface area contributed by atoms with Gasteiger partial charge in [0.05, 0.1) is 61.4 Å². The van der Waals surface area contributed by atoms with E-state index in [0.717, 1.165) is 11.1 Å². The van der Waals surface area contributed by atoms with Gasteiger partial charge in [0.2, 0.25) is 0 Å². The number of hydrogen-bond acceptors (Lipinski definition) is 7. The third-order valence-corrected chi connectivity index (χ3v) is 5.40. The molecular formula is C23H24N6O3. The van der Waals surface area contributed by atoms with Gasteiger partial charge in [-0.05, 0) is 45.4 Å². The van der Waals surface area contributed by atoms with E-state index in [2.05, 4.69) is 16.2 Å². The Morgan fingerprint density at radius 2 is 2.06 bits per heavy atom. The summed E-state index contributed by atoms with van der Waals surface area (Å²) in [7, 11) is 1.56. The summed E-state index contributed by atoms with van der Waals surface area (Å²) in [6.07, 6.45) is 5.00. The highest BCUT2D eigenvalue weighted by molar-refractivity contribution is 6.10. The third kappa shape index (κ3) is 3.54. The standard InChI is InChI=1S/C23H24N6O3/c1-6-32-21-19(31-5)8-15(9-25-21)17-7-14(2)20-18(27-17)12-28(22(20)30)16-10-26-29(11-16)23(3,4)13-24/h7-11H,6,12H2,1-5H3. The predicted octanol–water partition coefficient (Wildman–Crippen LogP) is 3.47. The number of methoxy groups -OCH3 is 1. The monoisotopic (exact) mass is 432 g/mol. The van der Waals surface area contributed by atoms with Gasteiger partial charge in [-0.1, -0.05) is 0 Å². The van der Waals surface area contributed by atoms with Crippen LogP contribution in [0.3, 0.4) is 0 Å². The smallest absolute Gasteiger partial charge is 0.260 e. The molecule has 0 radical (unpaired) electrons. The minimum atomic E-state index is -0.811. The van der Waals surface area contributed by atoms with Crippen LogP contribution < -0.4 is 14.4 Å². The van der Waals surface area contributed by atoms with Crippen LogP contribution in [-0.4, -0.2) is 39.4 Å². The second kappa shape index (κ2) is 7.96. The van der Waals surface area contributed by atoms with E-state index in [1.807, 2.05) is 26.0 Å². The first-order chi connectivity index (χ1) is 15.3. The molecule has 9 nitrogen and oxygen atoms in total. The lowest BCUT2D eigenvalue weighted by atomic mass is 10.1. The van der Waals surface area contributed by atoms with Gasteiger partial charge >= 0.3 is 0 Å². The Labute approximate surface area is 186 Å². The Balaban J connectivity index is 1.68. The molecule has 3 aromatic rings. The summed E-state index contributed by atoms with van der Waals surface area (Å²) in [5.74, 6) is 0.818. The lowest BCUT2D eigenvalue weighted by molar-refractivity contribution is 0.0996. The van der Waals surface area contributed by atoms with Crippen molar-refractivity contribution in [3.05, 3.63) is 47.5 Å². The summed E-state index contributed by atoms with van der Waals surface area (Å²) in [6.45, 7) is 8.12. The molecule has 0 spiro atoms. The van der Waals surface area contributed by atoms with Crippen molar-refractivity contribution in [1.82, 2.24) is 19.7 Å². The second-order valence-corrected chi connectivity index (χ2v) is 8.02. The molecule has 0 bridgehead atoms. The SMILES string of the molecule is CCOc1ncc(-c2cc(C)c3c(n2)CN(c2cnn(C(C)(C)C#N)c2)C3=O)cc1OC. The summed E-state index contributed by atoms with van der Waals surface area (Å²) in [5, 5.41) is 13.6. The molecule has 0 unspecified atom stereocenters. The average molecular weight is 432 g/mol. The molecule has 1 aliphatic heterocycles. The number of aryl methyl sites for hydroxylation is 1. The molecule has 4 heterocycles. The van der Waals surface area contributed by atoms with Gasteiger partial charge in [-0.25, -0.2) is 4.98 Å². The quantitative estimate of drug-likeness (QED) is 0.587. The van der Waals surface area contributed by atoms with Crippen LogP contribution in [-0.2, 0) is 12.1 Å². The van der Waals surface area contributed by atoms with E-state index >= 15 is 0 Å². The number of ether oxygens (including phenoxy) is 2. The molecule has 4 rings (SSSR count). The Morgan fingerprint density at radius 3 is 2.75 bits per heavy atom. The van der Waals surface area contributed by atoms with E-state index in [1.165, 1.54) is 0 Å². The molecule has 0 saturated carbocycles. The molecule has 0 aromatic carbocycles. The molecule has 0 fully saturated rings. The van der Waals surface area contributed by atoms with Gasteiger partial charge in [0.25, 0.3) is 11.8 Å². The first kappa shape index (κ1) is 21.3. The minimum Gasteiger partial charge on any atom is -0.491 e. The molecule has 0 saturated heterocycles. The summed E-state index contributed by atoms with van der Waals surface area (Å²) in [6, 6.07) is 5.91. The number of nitrogens with zero attached hydrogens (tertiary/aromatic N) is 6. The van der Waals surface area contributed by atoms with Gasteiger partial charge < -0.3 is 9.47 Å². The molecule has 9 heteroatoms. The van der Waals surface area contributed by atoms with Crippen LogP contribution in [0.15, 0.2) is 30.7 Å². The highest BCUT2D eigenvalue weighted by Gasteiger charge is 2.33. The first-order valence-corrected chi connectivity index (χ1v) is 10.2. The van der Waals surface area contributed by atoms with E-state index in [1.54, 1.807) is 49.1 Å². The van der Waals surface area contributed by atoms with Crippen molar-refractivity contribution in [2.24, 2.45) is 0 Å². The molecule has 32 heavy (non-hydrogen) atoms. The maximum absolute atomic E-state index is 13.1. The van der Waals surface area contributed by atoms with E-state index in [4.69, 9.17) is 14.5 Å². The van der Waals surface area contributed by atoms with E-state index in [9.17, 15) is 10.1 Å². The summed E-state index contributed by atoms with van der Waals surface area (Å²) >= 11 is 0. The minimum absolute atomic E-state index is 0.131. The van der Waals surface area contributed by atoms with Crippen molar-refractivity contribution in [2.45, 2.75) is 39.8 Å². The van der Waals surface area contributed by atoms with Crippen LogP contribution in [0.4, 0.5) is 5.69 Å². The Kier molecular flexibility index (Phi) is 5.30. The topological polar surface area (TPSA) is 106 Å². The van der Waals surface area contributed by atoms with Gasteiger partial charge in [-0.3, -0.25) is 19.4 Å².